The van der Waals surface area contributed by atoms with Crippen LogP contribution in [0.25, 0.3) is 0 Å². The van der Waals surface area contributed by atoms with Gasteiger partial charge in [-0.25, -0.2) is 4.99 Å². The van der Waals surface area contributed by atoms with Crippen molar-refractivity contribution in [3.63, 3.8) is 0 Å². The average Bonchev–Trinajstić information content (AvgIpc) is 3.06. The minimum absolute atomic E-state index is 0. The molecule has 30 heavy (non-hydrogen) atoms. The monoisotopic (exact) mass is 525 g/mol. The average molecular weight is 525 g/mol. The normalized spacial score (nSPS) is 16.9. The Morgan fingerprint density at radius 3 is 2.70 bits per heavy atom. The smallest absolute Gasteiger partial charge is 0.194 e. The molecule has 1 N–H and O–H groups in total. The lowest BCUT2D eigenvalue weighted by molar-refractivity contribution is 0.265. The summed E-state index contributed by atoms with van der Waals surface area (Å²) in [5, 5.41) is 12.0. The number of piperidine rings is 1. The molecule has 1 fully saturated rings. The van der Waals surface area contributed by atoms with Crippen LogP contribution in [0.1, 0.15) is 37.8 Å². The van der Waals surface area contributed by atoms with Crippen molar-refractivity contribution in [2.24, 2.45) is 18.0 Å². The second-order valence-electron chi connectivity index (χ2n) is 8.09. The van der Waals surface area contributed by atoms with Gasteiger partial charge in [0.25, 0.3) is 0 Å². The SMILES string of the molecule is Cc1nnc(CN=C(NCCCN(C)c2ccccc2)N2CCCC(C)C2)n1C.I. The molecule has 0 saturated carbocycles. The number of aryl methyl sites for hydroxylation is 1. The van der Waals surface area contributed by atoms with Gasteiger partial charge in [0.15, 0.2) is 11.8 Å². The Bertz CT molecular complexity index is 790. The maximum Gasteiger partial charge on any atom is 0.194 e. The number of hydrogen-bond acceptors (Lipinski definition) is 4. The third-order valence-electron chi connectivity index (χ3n) is 5.66. The van der Waals surface area contributed by atoms with E-state index in [-0.39, 0.29) is 24.0 Å². The maximum absolute atomic E-state index is 4.90. The van der Waals surface area contributed by atoms with Crippen LogP contribution < -0.4 is 10.2 Å². The van der Waals surface area contributed by atoms with E-state index in [1.807, 2.05) is 18.5 Å². The van der Waals surface area contributed by atoms with Crippen LogP contribution in [0.4, 0.5) is 5.69 Å². The van der Waals surface area contributed by atoms with E-state index in [1.54, 1.807) is 0 Å². The zero-order valence-electron chi connectivity index (χ0n) is 18.7. The van der Waals surface area contributed by atoms with Crippen molar-refractivity contribution in [3.8, 4) is 0 Å². The van der Waals surface area contributed by atoms with Gasteiger partial charge in [-0.3, -0.25) is 0 Å². The molecule has 0 aliphatic carbocycles. The van der Waals surface area contributed by atoms with Crippen LogP contribution in [0.15, 0.2) is 35.3 Å². The molecule has 8 heteroatoms. The second-order valence-corrected chi connectivity index (χ2v) is 8.09. The third-order valence-corrected chi connectivity index (χ3v) is 5.66. The predicted octanol–water partition coefficient (Wildman–Crippen LogP) is 3.45. The van der Waals surface area contributed by atoms with Gasteiger partial charge in [-0.15, -0.1) is 34.2 Å². The molecule has 0 amide bonds. The number of aliphatic imine (C=N–C) groups is 1. The maximum atomic E-state index is 4.90. The van der Waals surface area contributed by atoms with Crippen LogP contribution >= 0.6 is 24.0 Å². The predicted molar refractivity (Wildman–Crippen MR) is 135 cm³/mol. The van der Waals surface area contributed by atoms with E-state index in [1.165, 1.54) is 18.5 Å². The van der Waals surface area contributed by atoms with E-state index < -0.39 is 0 Å². The van der Waals surface area contributed by atoms with Crippen molar-refractivity contribution in [1.29, 1.82) is 0 Å². The van der Waals surface area contributed by atoms with Crippen molar-refractivity contribution in [2.45, 2.75) is 39.7 Å². The molecule has 1 atom stereocenters. The van der Waals surface area contributed by atoms with Crippen LogP contribution in [0, 0.1) is 12.8 Å². The summed E-state index contributed by atoms with van der Waals surface area (Å²) in [6.45, 7) is 8.88. The molecule has 1 aromatic carbocycles. The summed E-state index contributed by atoms with van der Waals surface area (Å²) in [6, 6.07) is 10.5. The van der Waals surface area contributed by atoms with Gasteiger partial charge < -0.3 is 19.7 Å². The van der Waals surface area contributed by atoms with E-state index in [2.05, 4.69) is 69.6 Å². The Balaban J connectivity index is 0.00000320. The number of anilines is 1. The fourth-order valence-corrected chi connectivity index (χ4v) is 3.71. The number of aromatic nitrogens is 3. The molecule has 2 aromatic rings. The number of likely N-dealkylation sites (tertiary alicyclic amines) is 1. The number of halogens is 1. The van der Waals surface area contributed by atoms with Crippen molar-refractivity contribution < 1.29 is 0 Å². The largest absolute Gasteiger partial charge is 0.375 e. The van der Waals surface area contributed by atoms with E-state index in [0.29, 0.717) is 12.5 Å². The van der Waals surface area contributed by atoms with Gasteiger partial charge in [-0.05, 0) is 44.2 Å². The van der Waals surface area contributed by atoms with Crippen molar-refractivity contribution in [2.75, 3.05) is 38.1 Å². The minimum Gasteiger partial charge on any atom is -0.375 e. The van der Waals surface area contributed by atoms with E-state index in [9.17, 15) is 0 Å². The van der Waals surface area contributed by atoms with Gasteiger partial charge in [0.05, 0.1) is 0 Å². The van der Waals surface area contributed by atoms with Crippen molar-refractivity contribution >= 4 is 35.6 Å². The third kappa shape index (κ3) is 6.85. The van der Waals surface area contributed by atoms with Crippen LogP contribution in [-0.4, -0.2) is 58.9 Å². The summed E-state index contributed by atoms with van der Waals surface area (Å²) in [5.41, 5.74) is 1.25. The zero-order valence-corrected chi connectivity index (χ0v) is 21.0. The number of benzene rings is 1. The van der Waals surface area contributed by atoms with Crippen LogP contribution in [0.5, 0.6) is 0 Å². The molecular formula is C22H36IN7. The highest BCUT2D eigenvalue weighted by atomic mass is 127. The molecule has 0 spiro atoms. The fourth-order valence-electron chi connectivity index (χ4n) is 3.71. The summed E-state index contributed by atoms with van der Waals surface area (Å²) in [4.78, 5) is 9.59. The molecule has 1 unspecified atom stereocenters. The lowest BCUT2D eigenvalue weighted by Crippen LogP contribution is -2.46. The minimum atomic E-state index is 0. The molecule has 0 bridgehead atoms. The Hall–Kier alpha value is -1.84. The van der Waals surface area contributed by atoms with Gasteiger partial charge in [-0.1, -0.05) is 25.1 Å². The Morgan fingerprint density at radius 2 is 2.03 bits per heavy atom. The Kier molecular flexibility index (Phi) is 9.87. The Morgan fingerprint density at radius 1 is 1.27 bits per heavy atom. The van der Waals surface area contributed by atoms with Gasteiger partial charge in [0.1, 0.15) is 12.4 Å². The van der Waals surface area contributed by atoms with Gasteiger partial charge >= 0.3 is 0 Å². The second kappa shape index (κ2) is 12.1. The first-order valence-electron chi connectivity index (χ1n) is 10.7. The molecule has 1 saturated heterocycles. The van der Waals surface area contributed by atoms with Gasteiger partial charge in [-0.2, -0.15) is 0 Å². The Labute approximate surface area is 198 Å². The highest BCUT2D eigenvalue weighted by Gasteiger charge is 2.19. The highest BCUT2D eigenvalue weighted by molar-refractivity contribution is 14.0. The van der Waals surface area contributed by atoms with Crippen LogP contribution in [0.3, 0.4) is 0 Å². The lowest BCUT2D eigenvalue weighted by atomic mass is 10.0. The summed E-state index contributed by atoms with van der Waals surface area (Å²) in [7, 11) is 4.14. The van der Waals surface area contributed by atoms with Crippen molar-refractivity contribution in [1.82, 2.24) is 25.0 Å². The number of hydrogen-bond donors (Lipinski definition) is 1. The summed E-state index contributed by atoms with van der Waals surface area (Å²) >= 11 is 0. The summed E-state index contributed by atoms with van der Waals surface area (Å²) < 4.78 is 2.01. The number of nitrogens with zero attached hydrogens (tertiary/aromatic N) is 6. The zero-order chi connectivity index (χ0) is 20.6. The van der Waals surface area contributed by atoms with E-state index in [0.717, 1.165) is 50.2 Å². The van der Waals surface area contributed by atoms with Crippen LogP contribution in [0.2, 0.25) is 0 Å². The van der Waals surface area contributed by atoms with E-state index in [4.69, 9.17) is 4.99 Å². The molecule has 2 heterocycles. The lowest BCUT2D eigenvalue weighted by Gasteiger charge is -2.33. The molecule has 1 aliphatic rings. The number of rotatable bonds is 7. The molecule has 166 valence electrons. The number of guanidine groups is 1. The summed E-state index contributed by atoms with van der Waals surface area (Å²) in [5.74, 6) is 3.52. The molecule has 1 aliphatic heterocycles. The molecule has 3 rings (SSSR count). The molecule has 0 radical (unpaired) electrons. The highest BCUT2D eigenvalue weighted by Crippen LogP contribution is 2.16. The first kappa shape index (κ1) is 24.4. The first-order chi connectivity index (χ1) is 14.0. The number of para-hydroxylation sites is 1. The topological polar surface area (TPSA) is 61.6 Å². The first-order valence-corrected chi connectivity index (χ1v) is 10.7. The molecular weight excluding hydrogens is 489 g/mol. The summed E-state index contributed by atoms with van der Waals surface area (Å²) in [6.07, 6.45) is 3.58. The van der Waals surface area contributed by atoms with Gasteiger partial charge in [0, 0.05) is 46.0 Å². The quantitative estimate of drug-likeness (QED) is 0.260. The van der Waals surface area contributed by atoms with Crippen molar-refractivity contribution in [3.05, 3.63) is 42.0 Å². The van der Waals surface area contributed by atoms with E-state index >= 15 is 0 Å². The van der Waals surface area contributed by atoms with Crippen LogP contribution in [-0.2, 0) is 13.6 Å². The standard InChI is InChI=1S/C22H35N7.HI/c1-18-10-8-15-29(17-18)22(24-16-21-26-25-19(2)28(21)4)23-13-9-14-27(3)20-11-6-5-7-12-20;/h5-7,11-12,18H,8-10,13-17H2,1-4H3,(H,23,24);1H. The fraction of sp³-hybridized carbons (Fsp3) is 0.591. The molecule has 7 nitrogen and oxygen atoms in total. The molecule has 1 aromatic heterocycles. The van der Waals surface area contributed by atoms with Gasteiger partial charge in [0.2, 0.25) is 0 Å². The number of nitrogens with one attached hydrogen (secondary N) is 1.